The number of aryl methyl sites for hydroxylation is 1. The number of nitrogens with zero attached hydrogens (tertiary/aromatic N) is 1. The van der Waals surface area contributed by atoms with Crippen LogP contribution >= 0.6 is 0 Å². The van der Waals surface area contributed by atoms with Gasteiger partial charge in [0.2, 0.25) is 0 Å². The molecule has 1 aromatic heterocycles. The van der Waals surface area contributed by atoms with Gasteiger partial charge in [0.1, 0.15) is 0 Å². The summed E-state index contributed by atoms with van der Waals surface area (Å²) in [5.74, 6) is 0. The van der Waals surface area contributed by atoms with Crippen LogP contribution in [0.1, 0.15) is 23.4 Å². The number of nitrogens with one attached hydrogen (secondary N) is 2. The maximum atomic E-state index is 12.7. The Morgan fingerprint density at radius 2 is 1.95 bits per heavy atom. The Morgan fingerprint density at radius 3 is 2.57 bits per heavy atom. The van der Waals surface area contributed by atoms with Gasteiger partial charge < -0.3 is 0 Å². The van der Waals surface area contributed by atoms with E-state index in [0.29, 0.717) is 5.56 Å². The first kappa shape index (κ1) is 15.2. The van der Waals surface area contributed by atoms with Crippen LogP contribution in [0.15, 0.2) is 35.7 Å². The molecule has 2 rings (SSSR count). The molecule has 0 atom stereocenters. The van der Waals surface area contributed by atoms with Gasteiger partial charge in [0.25, 0.3) is 16.4 Å². The Kier molecular flexibility index (Phi) is 4.37. The van der Waals surface area contributed by atoms with Crippen LogP contribution in [-0.2, 0) is 10.0 Å². The standard InChI is InChI=1S/C13H13F2N3O2S/c1-9-11(12(13(14)15)17-16-9)18-21(19,20)8-7-10-5-3-2-4-6-10/h2-8,13,18H,1H3,(H,16,17)/b8-7+. The maximum absolute atomic E-state index is 12.7. The van der Waals surface area contributed by atoms with E-state index in [1.165, 1.54) is 13.0 Å². The normalized spacial score (nSPS) is 12.2. The van der Waals surface area contributed by atoms with Gasteiger partial charge in [0, 0.05) is 0 Å². The second-order valence-corrected chi connectivity index (χ2v) is 5.84. The summed E-state index contributed by atoms with van der Waals surface area (Å²) in [5, 5.41) is 6.65. The van der Waals surface area contributed by atoms with E-state index in [1.54, 1.807) is 30.3 Å². The summed E-state index contributed by atoms with van der Waals surface area (Å²) in [4.78, 5) is 0. The molecule has 0 aliphatic rings. The first-order valence-corrected chi connectivity index (χ1v) is 7.52. The van der Waals surface area contributed by atoms with Crippen molar-refractivity contribution in [1.29, 1.82) is 0 Å². The zero-order valence-electron chi connectivity index (χ0n) is 11.0. The molecule has 0 aliphatic heterocycles. The van der Waals surface area contributed by atoms with Gasteiger partial charge in [0.05, 0.1) is 16.8 Å². The van der Waals surface area contributed by atoms with Crippen molar-refractivity contribution in [3.05, 3.63) is 52.7 Å². The third kappa shape index (κ3) is 3.88. The fourth-order valence-electron chi connectivity index (χ4n) is 1.64. The third-order valence-electron chi connectivity index (χ3n) is 2.67. The van der Waals surface area contributed by atoms with Crippen LogP contribution in [0.5, 0.6) is 0 Å². The number of benzene rings is 1. The molecule has 0 radical (unpaired) electrons. The van der Waals surface area contributed by atoms with E-state index in [-0.39, 0.29) is 11.4 Å². The lowest BCUT2D eigenvalue weighted by molar-refractivity contribution is 0.147. The van der Waals surface area contributed by atoms with Gasteiger partial charge in [-0.15, -0.1) is 0 Å². The summed E-state index contributed by atoms with van der Waals surface area (Å²) < 4.78 is 51.4. The van der Waals surface area contributed by atoms with Gasteiger partial charge in [-0.3, -0.25) is 9.82 Å². The quantitative estimate of drug-likeness (QED) is 0.891. The second-order valence-electron chi connectivity index (χ2n) is 4.27. The molecule has 112 valence electrons. The van der Waals surface area contributed by atoms with Crippen molar-refractivity contribution in [3.8, 4) is 0 Å². The van der Waals surface area contributed by atoms with E-state index in [9.17, 15) is 17.2 Å². The Bertz CT molecular complexity index is 740. The Labute approximate surface area is 120 Å². The Morgan fingerprint density at radius 1 is 1.29 bits per heavy atom. The summed E-state index contributed by atoms with van der Waals surface area (Å²) >= 11 is 0. The number of aromatic nitrogens is 2. The van der Waals surface area contributed by atoms with Crippen LogP contribution in [0, 0.1) is 6.92 Å². The molecule has 0 saturated heterocycles. The van der Waals surface area contributed by atoms with Gasteiger partial charge >= 0.3 is 0 Å². The monoisotopic (exact) mass is 313 g/mol. The van der Waals surface area contributed by atoms with Gasteiger partial charge in [-0.2, -0.15) is 5.10 Å². The summed E-state index contributed by atoms with van der Waals surface area (Å²) in [6, 6.07) is 8.76. The summed E-state index contributed by atoms with van der Waals surface area (Å²) in [6.45, 7) is 1.46. The van der Waals surface area contributed by atoms with Crippen LogP contribution in [0.2, 0.25) is 0 Å². The molecular weight excluding hydrogens is 300 g/mol. The lowest BCUT2D eigenvalue weighted by Crippen LogP contribution is -2.11. The molecule has 0 unspecified atom stereocenters. The van der Waals surface area contributed by atoms with E-state index in [4.69, 9.17) is 0 Å². The highest BCUT2D eigenvalue weighted by Crippen LogP contribution is 2.28. The molecule has 0 amide bonds. The van der Waals surface area contributed by atoms with E-state index in [0.717, 1.165) is 5.41 Å². The highest BCUT2D eigenvalue weighted by atomic mass is 32.2. The first-order chi connectivity index (χ1) is 9.89. The van der Waals surface area contributed by atoms with E-state index >= 15 is 0 Å². The summed E-state index contributed by atoms with van der Waals surface area (Å²) in [7, 11) is -3.91. The number of anilines is 1. The fourth-order valence-corrected chi connectivity index (χ4v) is 2.59. The number of alkyl halides is 2. The minimum absolute atomic E-state index is 0.220. The van der Waals surface area contributed by atoms with Gasteiger partial charge in [-0.25, -0.2) is 17.2 Å². The van der Waals surface area contributed by atoms with Gasteiger partial charge in [-0.05, 0) is 18.6 Å². The highest BCUT2D eigenvalue weighted by Gasteiger charge is 2.21. The molecule has 8 heteroatoms. The summed E-state index contributed by atoms with van der Waals surface area (Å²) in [6.07, 6.45) is -1.49. The average Bonchev–Trinajstić information content (AvgIpc) is 2.79. The predicted octanol–water partition coefficient (Wildman–Crippen LogP) is 3.07. The number of hydrogen-bond donors (Lipinski definition) is 2. The minimum Gasteiger partial charge on any atom is -0.280 e. The molecule has 2 aromatic rings. The Balaban J connectivity index is 2.22. The second kappa shape index (κ2) is 6.04. The van der Waals surface area contributed by atoms with Crippen molar-refractivity contribution in [2.75, 3.05) is 4.72 Å². The molecule has 0 fully saturated rings. The number of halogens is 2. The predicted molar refractivity (Wildman–Crippen MR) is 76.3 cm³/mol. The van der Waals surface area contributed by atoms with E-state index in [2.05, 4.69) is 14.9 Å². The van der Waals surface area contributed by atoms with Crippen molar-refractivity contribution in [1.82, 2.24) is 10.2 Å². The molecule has 0 spiro atoms. The average molecular weight is 313 g/mol. The van der Waals surface area contributed by atoms with Crippen molar-refractivity contribution in [2.24, 2.45) is 0 Å². The largest absolute Gasteiger partial charge is 0.284 e. The minimum atomic E-state index is -3.91. The number of sulfonamides is 1. The van der Waals surface area contributed by atoms with Crippen molar-refractivity contribution in [2.45, 2.75) is 13.3 Å². The number of hydrogen-bond acceptors (Lipinski definition) is 3. The maximum Gasteiger partial charge on any atom is 0.284 e. The van der Waals surface area contributed by atoms with Crippen LogP contribution < -0.4 is 4.72 Å². The molecule has 1 heterocycles. The topological polar surface area (TPSA) is 74.8 Å². The molecule has 0 aliphatic carbocycles. The highest BCUT2D eigenvalue weighted by molar-refractivity contribution is 7.95. The molecule has 1 aromatic carbocycles. The fraction of sp³-hybridized carbons (Fsp3) is 0.154. The number of aromatic amines is 1. The molecule has 0 saturated carbocycles. The lowest BCUT2D eigenvalue weighted by Gasteiger charge is -2.05. The molecule has 21 heavy (non-hydrogen) atoms. The SMILES string of the molecule is Cc1[nH]nc(C(F)F)c1NS(=O)(=O)/C=C/c1ccccc1. The van der Waals surface area contributed by atoms with Crippen molar-refractivity contribution >= 4 is 21.8 Å². The van der Waals surface area contributed by atoms with Crippen molar-refractivity contribution < 1.29 is 17.2 Å². The van der Waals surface area contributed by atoms with Crippen LogP contribution in [0.4, 0.5) is 14.5 Å². The third-order valence-corrected chi connectivity index (χ3v) is 3.65. The van der Waals surface area contributed by atoms with Crippen molar-refractivity contribution in [3.63, 3.8) is 0 Å². The number of H-pyrrole nitrogens is 1. The lowest BCUT2D eigenvalue weighted by atomic mass is 10.2. The van der Waals surface area contributed by atoms with Gasteiger partial charge in [0.15, 0.2) is 5.69 Å². The van der Waals surface area contributed by atoms with Crippen LogP contribution in [0.3, 0.4) is 0 Å². The Hall–Kier alpha value is -2.22. The van der Waals surface area contributed by atoms with Gasteiger partial charge in [-0.1, -0.05) is 30.3 Å². The molecule has 5 nitrogen and oxygen atoms in total. The zero-order chi connectivity index (χ0) is 15.5. The van der Waals surface area contributed by atoms with E-state index in [1.807, 2.05) is 0 Å². The van der Waals surface area contributed by atoms with Crippen LogP contribution in [-0.4, -0.2) is 18.6 Å². The molecule has 0 bridgehead atoms. The number of rotatable bonds is 5. The van der Waals surface area contributed by atoms with Crippen LogP contribution in [0.25, 0.3) is 6.08 Å². The summed E-state index contributed by atoms with van der Waals surface area (Å²) in [5.41, 5.74) is 0.0646. The van der Waals surface area contributed by atoms with E-state index < -0.39 is 22.1 Å². The molecular formula is C13H13F2N3O2S. The zero-order valence-corrected chi connectivity index (χ0v) is 11.9. The first-order valence-electron chi connectivity index (χ1n) is 5.98. The smallest absolute Gasteiger partial charge is 0.280 e. The molecule has 2 N–H and O–H groups in total.